The van der Waals surface area contributed by atoms with E-state index in [-0.39, 0.29) is 12.1 Å². The Morgan fingerprint density at radius 1 is 1.25 bits per heavy atom. The fourth-order valence-corrected chi connectivity index (χ4v) is 3.83. The molecule has 1 aromatic carbocycles. The number of hydrogen-bond acceptors (Lipinski definition) is 3. The minimum atomic E-state index is -0.0334. The third kappa shape index (κ3) is 4.55. The molecule has 3 heteroatoms. The van der Waals surface area contributed by atoms with Crippen LogP contribution in [0.1, 0.15) is 51.0 Å². The highest BCUT2D eigenvalue weighted by molar-refractivity contribution is 8.00. The van der Waals surface area contributed by atoms with Crippen LogP contribution in [-0.2, 0) is 9.53 Å². The summed E-state index contributed by atoms with van der Waals surface area (Å²) in [5.41, 5.74) is 1.28. The number of thioether (sulfide) groups is 1. The van der Waals surface area contributed by atoms with Gasteiger partial charge in [0.25, 0.3) is 0 Å². The van der Waals surface area contributed by atoms with E-state index in [2.05, 4.69) is 31.2 Å². The number of esters is 1. The summed E-state index contributed by atoms with van der Waals surface area (Å²) < 4.78 is 5.68. The van der Waals surface area contributed by atoms with Gasteiger partial charge in [0.1, 0.15) is 6.10 Å². The van der Waals surface area contributed by atoms with Crippen molar-refractivity contribution in [2.24, 2.45) is 0 Å². The van der Waals surface area contributed by atoms with Gasteiger partial charge < -0.3 is 4.74 Å². The van der Waals surface area contributed by atoms with Crippen molar-refractivity contribution in [2.75, 3.05) is 0 Å². The van der Waals surface area contributed by atoms with Gasteiger partial charge in [-0.05, 0) is 44.7 Å². The highest BCUT2D eigenvalue weighted by Gasteiger charge is 2.28. The first-order chi connectivity index (χ1) is 9.69. The normalized spacial score (nSPS) is 22.5. The lowest BCUT2D eigenvalue weighted by atomic mass is 9.97. The molecule has 0 unspecified atom stereocenters. The molecule has 2 nitrogen and oxygen atoms in total. The van der Waals surface area contributed by atoms with Crippen LogP contribution in [0.3, 0.4) is 0 Å². The maximum atomic E-state index is 11.7. The first-order valence-corrected chi connectivity index (χ1v) is 8.50. The Balaban J connectivity index is 1.95. The molecule has 2 atom stereocenters. The van der Waals surface area contributed by atoms with E-state index in [0.717, 1.165) is 19.3 Å². The summed E-state index contributed by atoms with van der Waals surface area (Å²) in [6.45, 7) is 4.12. The summed E-state index contributed by atoms with van der Waals surface area (Å²) in [4.78, 5) is 13.0. The Morgan fingerprint density at radius 2 is 1.95 bits per heavy atom. The Morgan fingerprint density at radius 3 is 2.65 bits per heavy atom. The summed E-state index contributed by atoms with van der Waals surface area (Å²) in [5.74, 6) is -0.0334. The molecule has 2 rings (SSSR count). The van der Waals surface area contributed by atoms with Gasteiger partial charge in [0, 0.05) is 16.6 Å². The number of hydrogen-bond donors (Lipinski definition) is 0. The van der Waals surface area contributed by atoms with Crippen LogP contribution in [0.4, 0.5) is 0 Å². The highest BCUT2D eigenvalue weighted by Crippen LogP contribution is 2.35. The molecule has 0 amide bonds. The molecule has 0 saturated heterocycles. The van der Waals surface area contributed by atoms with Crippen LogP contribution in [0, 0.1) is 6.92 Å². The number of benzene rings is 1. The predicted octanol–water partition coefficient (Wildman–Crippen LogP) is 4.74. The second-order valence-corrected chi connectivity index (χ2v) is 6.84. The number of aryl methyl sites for hydroxylation is 1. The largest absolute Gasteiger partial charge is 0.461 e. The SMILES string of the molecule is CCCC(=O)O[C@@H]1CCCC[C@@H]1Sc1ccc(C)cc1. The van der Waals surface area contributed by atoms with Gasteiger partial charge in [-0.3, -0.25) is 4.79 Å². The summed E-state index contributed by atoms with van der Waals surface area (Å²) in [5, 5.41) is 0.410. The zero-order valence-corrected chi connectivity index (χ0v) is 13.2. The highest BCUT2D eigenvalue weighted by atomic mass is 32.2. The first-order valence-electron chi connectivity index (χ1n) is 7.62. The molecule has 20 heavy (non-hydrogen) atoms. The minimum absolute atomic E-state index is 0.0334. The zero-order chi connectivity index (χ0) is 14.4. The quantitative estimate of drug-likeness (QED) is 0.733. The lowest BCUT2D eigenvalue weighted by Gasteiger charge is -2.30. The van der Waals surface area contributed by atoms with Gasteiger partial charge in [-0.2, -0.15) is 0 Å². The van der Waals surface area contributed by atoms with E-state index in [1.165, 1.54) is 23.3 Å². The molecule has 1 aliphatic rings. The zero-order valence-electron chi connectivity index (χ0n) is 12.4. The summed E-state index contributed by atoms with van der Waals surface area (Å²) in [7, 11) is 0. The van der Waals surface area contributed by atoms with Crippen LogP contribution in [0.25, 0.3) is 0 Å². The molecule has 0 bridgehead atoms. The Kier molecular flexibility index (Phi) is 5.96. The molecule has 1 aromatic rings. The van der Waals surface area contributed by atoms with Crippen LogP contribution in [0.5, 0.6) is 0 Å². The molecule has 110 valence electrons. The summed E-state index contributed by atoms with van der Waals surface area (Å²) in [6.07, 6.45) is 6.07. The summed E-state index contributed by atoms with van der Waals surface area (Å²) >= 11 is 1.86. The average Bonchev–Trinajstić information content (AvgIpc) is 2.44. The number of rotatable bonds is 5. The van der Waals surface area contributed by atoms with Crippen molar-refractivity contribution in [1.82, 2.24) is 0 Å². The first kappa shape index (κ1) is 15.4. The third-order valence-electron chi connectivity index (χ3n) is 3.69. The van der Waals surface area contributed by atoms with E-state index >= 15 is 0 Å². The third-order valence-corrected chi connectivity index (χ3v) is 5.07. The van der Waals surface area contributed by atoms with Crippen LogP contribution in [-0.4, -0.2) is 17.3 Å². The molecule has 0 aliphatic heterocycles. The smallest absolute Gasteiger partial charge is 0.306 e. The maximum absolute atomic E-state index is 11.7. The van der Waals surface area contributed by atoms with Gasteiger partial charge in [-0.25, -0.2) is 0 Å². The molecule has 1 fully saturated rings. The van der Waals surface area contributed by atoms with Gasteiger partial charge in [-0.1, -0.05) is 31.0 Å². The molecule has 0 heterocycles. The molecule has 1 aliphatic carbocycles. The number of carbonyl (C=O) groups is 1. The molecule has 1 saturated carbocycles. The van der Waals surface area contributed by atoms with Gasteiger partial charge in [0.15, 0.2) is 0 Å². The molecule has 0 N–H and O–H groups in total. The Labute approximate surface area is 126 Å². The van der Waals surface area contributed by atoms with E-state index in [0.29, 0.717) is 11.7 Å². The average molecular weight is 292 g/mol. The summed E-state index contributed by atoms with van der Waals surface area (Å²) in [6, 6.07) is 8.62. The van der Waals surface area contributed by atoms with Gasteiger partial charge in [0.2, 0.25) is 0 Å². The fourth-order valence-electron chi connectivity index (χ4n) is 2.56. The van der Waals surface area contributed by atoms with E-state index < -0.39 is 0 Å². The van der Waals surface area contributed by atoms with Crippen LogP contribution < -0.4 is 0 Å². The minimum Gasteiger partial charge on any atom is -0.461 e. The lowest BCUT2D eigenvalue weighted by Crippen LogP contribution is -2.32. The van der Waals surface area contributed by atoms with E-state index in [4.69, 9.17) is 4.74 Å². The monoisotopic (exact) mass is 292 g/mol. The number of ether oxygens (including phenoxy) is 1. The van der Waals surface area contributed by atoms with Crippen LogP contribution >= 0.6 is 11.8 Å². The molecular formula is C17H24O2S. The van der Waals surface area contributed by atoms with Crippen LogP contribution in [0.2, 0.25) is 0 Å². The Bertz CT molecular complexity index is 427. The predicted molar refractivity (Wildman–Crippen MR) is 84.1 cm³/mol. The molecule has 0 spiro atoms. The van der Waals surface area contributed by atoms with Gasteiger partial charge >= 0.3 is 5.97 Å². The van der Waals surface area contributed by atoms with Crippen molar-refractivity contribution >= 4 is 17.7 Å². The Hall–Kier alpha value is -0.960. The molecule has 0 aromatic heterocycles. The van der Waals surface area contributed by atoms with Crippen molar-refractivity contribution in [2.45, 2.75) is 68.6 Å². The maximum Gasteiger partial charge on any atom is 0.306 e. The van der Waals surface area contributed by atoms with Crippen molar-refractivity contribution in [1.29, 1.82) is 0 Å². The standard InChI is InChI=1S/C17H24O2S/c1-3-6-17(18)19-15-7-4-5-8-16(15)20-14-11-9-13(2)10-12-14/h9-12,15-16H,3-8H2,1-2H3/t15-,16+/m1/s1. The van der Waals surface area contributed by atoms with Gasteiger partial charge in [0.05, 0.1) is 0 Å². The van der Waals surface area contributed by atoms with Gasteiger partial charge in [-0.15, -0.1) is 11.8 Å². The van der Waals surface area contributed by atoms with E-state index in [1.807, 2.05) is 18.7 Å². The van der Waals surface area contributed by atoms with E-state index in [9.17, 15) is 4.79 Å². The van der Waals surface area contributed by atoms with Crippen molar-refractivity contribution in [3.63, 3.8) is 0 Å². The topological polar surface area (TPSA) is 26.3 Å². The molecular weight excluding hydrogens is 268 g/mol. The second-order valence-electron chi connectivity index (χ2n) is 5.53. The van der Waals surface area contributed by atoms with Crippen molar-refractivity contribution in [3.8, 4) is 0 Å². The van der Waals surface area contributed by atoms with Crippen molar-refractivity contribution < 1.29 is 9.53 Å². The van der Waals surface area contributed by atoms with E-state index in [1.54, 1.807) is 0 Å². The fraction of sp³-hybridized carbons (Fsp3) is 0.588. The molecule has 0 radical (unpaired) electrons. The van der Waals surface area contributed by atoms with Crippen LogP contribution in [0.15, 0.2) is 29.2 Å². The second kappa shape index (κ2) is 7.72. The number of carbonyl (C=O) groups excluding carboxylic acids is 1. The van der Waals surface area contributed by atoms with Crippen molar-refractivity contribution in [3.05, 3.63) is 29.8 Å². The lowest BCUT2D eigenvalue weighted by molar-refractivity contribution is -0.150.